The average Bonchev–Trinajstić information content (AvgIpc) is 2.67. The van der Waals surface area contributed by atoms with Gasteiger partial charge < -0.3 is 14.2 Å². The van der Waals surface area contributed by atoms with Gasteiger partial charge in [-0.2, -0.15) is 0 Å². The second-order valence-corrected chi connectivity index (χ2v) is 8.42. The summed E-state index contributed by atoms with van der Waals surface area (Å²) in [5, 5.41) is 0. The minimum absolute atomic E-state index is 0.00159. The molecule has 0 bridgehead atoms. The van der Waals surface area contributed by atoms with E-state index in [1.54, 1.807) is 16.7 Å². The molecule has 172 valence electrons. The van der Waals surface area contributed by atoms with Crippen LogP contribution in [0.2, 0.25) is 0 Å². The van der Waals surface area contributed by atoms with Crippen LogP contribution in [0.5, 0.6) is 0 Å². The second kappa shape index (κ2) is 10.9. The van der Waals surface area contributed by atoms with E-state index in [-0.39, 0.29) is 44.0 Å². The number of ether oxygens (including phenoxy) is 3. The molecule has 30 heavy (non-hydrogen) atoms. The molecule has 0 saturated carbocycles. The van der Waals surface area contributed by atoms with E-state index in [1.807, 2.05) is 27.7 Å². The zero-order valence-electron chi connectivity index (χ0n) is 19.4. The maximum Gasteiger partial charge on any atom is 0.323 e. The number of methoxy groups -OCH3 is 2. The molecule has 0 aromatic carbocycles. The molecule has 1 aliphatic heterocycles. The van der Waals surface area contributed by atoms with E-state index in [1.165, 1.54) is 21.1 Å². The summed E-state index contributed by atoms with van der Waals surface area (Å²) in [7, 11) is 2.60. The van der Waals surface area contributed by atoms with Crippen LogP contribution in [0.15, 0.2) is 0 Å². The predicted molar refractivity (Wildman–Crippen MR) is 109 cm³/mol. The van der Waals surface area contributed by atoms with Crippen LogP contribution in [0.1, 0.15) is 41.5 Å². The SMILES string of the molecule is CCOC(=O)C1(C(C)=O)CN(C(C(=O)OC)C(C)C)CN(C(C(=O)OC)C(C)C)C1. The van der Waals surface area contributed by atoms with Gasteiger partial charge in [0, 0.05) is 13.1 Å². The smallest absolute Gasteiger partial charge is 0.323 e. The molecule has 1 rings (SSSR count). The van der Waals surface area contributed by atoms with Crippen LogP contribution in [0.3, 0.4) is 0 Å². The van der Waals surface area contributed by atoms with E-state index in [9.17, 15) is 19.2 Å². The molecule has 9 nitrogen and oxygen atoms in total. The van der Waals surface area contributed by atoms with Crippen molar-refractivity contribution in [2.24, 2.45) is 17.3 Å². The second-order valence-electron chi connectivity index (χ2n) is 8.42. The van der Waals surface area contributed by atoms with Gasteiger partial charge in [0.05, 0.1) is 27.5 Å². The van der Waals surface area contributed by atoms with Crippen molar-refractivity contribution in [3.05, 3.63) is 0 Å². The Morgan fingerprint density at radius 1 is 0.867 bits per heavy atom. The van der Waals surface area contributed by atoms with Crippen LogP contribution in [0.4, 0.5) is 0 Å². The molecule has 1 aliphatic rings. The van der Waals surface area contributed by atoms with Gasteiger partial charge in [0.25, 0.3) is 0 Å². The van der Waals surface area contributed by atoms with Crippen molar-refractivity contribution in [3.63, 3.8) is 0 Å². The number of nitrogens with zero attached hydrogens (tertiary/aromatic N) is 2. The fraction of sp³-hybridized carbons (Fsp3) is 0.810. The number of hydrogen-bond acceptors (Lipinski definition) is 9. The van der Waals surface area contributed by atoms with Crippen LogP contribution in [-0.4, -0.2) is 86.2 Å². The minimum atomic E-state index is -1.53. The fourth-order valence-electron chi connectivity index (χ4n) is 4.14. The van der Waals surface area contributed by atoms with Crippen molar-refractivity contribution in [1.29, 1.82) is 0 Å². The monoisotopic (exact) mass is 428 g/mol. The fourth-order valence-corrected chi connectivity index (χ4v) is 4.14. The van der Waals surface area contributed by atoms with Gasteiger partial charge >= 0.3 is 17.9 Å². The van der Waals surface area contributed by atoms with Gasteiger partial charge in [-0.3, -0.25) is 29.0 Å². The lowest BCUT2D eigenvalue weighted by Crippen LogP contribution is -2.68. The zero-order valence-corrected chi connectivity index (χ0v) is 19.4. The van der Waals surface area contributed by atoms with Gasteiger partial charge in [-0.15, -0.1) is 0 Å². The Balaban J connectivity index is 3.57. The maximum atomic E-state index is 13.0. The number of hydrogen-bond donors (Lipinski definition) is 0. The molecular formula is C21H36N2O7. The summed E-state index contributed by atoms with van der Waals surface area (Å²) < 4.78 is 15.2. The molecule has 1 fully saturated rings. The summed E-state index contributed by atoms with van der Waals surface area (Å²) >= 11 is 0. The Bertz CT molecular complexity index is 611. The Labute approximate surface area is 179 Å². The molecule has 0 radical (unpaired) electrons. The van der Waals surface area contributed by atoms with Crippen LogP contribution >= 0.6 is 0 Å². The van der Waals surface area contributed by atoms with Gasteiger partial charge in [-0.1, -0.05) is 27.7 Å². The summed E-state index contributed by atoms with van der Waals surface area (Å²) in [4.78, 5) is 54.4. The molecule has 0 aromatic rings. The summed E-state index contributed by atoms with van der Waals surface area (Å²) in [6.07, 6.45) is 0. The molecule has 0 N–H and O–H groups in total. The normalized spacial score (nSPS) is 22.5. The van der Waals surface area contributed by atoms with Crippen molar-refractivity contribution >= 4 is 23.7 Å². The van der Waals surface area contributed by atoms with E-state index in [2.05, 4.69) is 0 Å². The van der Waals surface area contributed by atoms with Gasteiger partial charge in [-0.05, 0) is 25.7 Å². The quantitative estimate of drug-likeness (QED) is 0.303. The molecule has 0 aromatic heterocycles. The molecule has 2 atom stereocenters. The molecule has 0 aliphatic carbocycles. The van der Waals surface area contributed by atoms with Crippen LogP contribution < -0.4 is 0 Å². The van der Waals surface area contributed by atoms with Gasteiger partial charge in [0.15, 0.2) is 5.41 Å². The predicted octanol–water partition coefficient (Wildman–Crippen LogP) is 1.10. The van der Waals surface area contributed by atoms with Gasteiger partial charge in [-0.25, -0.2) is 0 Å². The van der Waals surface area contributed by atoms with Crippen molar-refractivity contribution in [2.45, 2.75) is 53.6 Å². The van der Waals surface area contributed by atoms with Crippen molar-refractivity contribution in [3.8, 4) is 0 Å². The standard InChI is InChI=1S/C21H36N2O7/c1-9-30-20(27)21(15(6)24)10-22(16(13(2)3)18(25)28-7)12-23(11-21)17(14(4)5)19(26)29-8/h13-14,16-17H,9-12H2,1-8H3. The Morgan fingerprint density at radius 3 is 1.53 bits per heavy atom. The third-order valence-electron chi connectivity index (χ3n) is 5.58. The van der Waals surface area contributed by atoms with Crippen LogP contribution in [0, 0.1) is 17.3 Å². The molecule has 1 heterocycles. The largest absolute Gasteiger partial charge is 0.468 e. The molecule has 0 amide bonds. The number of rotatable bonds is 9. The van der Waals surface area contributed by atoms with E-state index < -0.39 is 35.4 Å². The first-order valence-electron chi connectivity index (χ1n) is 10.3. The highest BCUT2D eigenvalue weighted by Gasteiger charge is 2.54. The highest BCUT2D eigenvalue weighted by molar-refractivity contribution is 6.03. The lowest BCUT2D eigenvalue weighted by molar-refractivity contribution is -0.179. The van der Waals surface area contributed by atoms with Crippen LogP contribution in [-0.2, 0) is 33.4 Å². The highest BCUT2D eigenvalue weighted by Crippen LogP contribution is 2.33. The summed E-state index contributed by atoms with van der Waals surface area (Å²) in [6.45, 7) is 10.8. The highest BCUT2D eigenvalue weighted by atomic mass is 16.5. The third-order valence-corrected chi connectivity index (χ3v) is 5.58. The van der Waals surface area contributed by atoms with Gasteiger partial charge in [0.2, 0.25) is 0 Å². The van der Waals surface area contributed by atoms with E-state index in [0.29, 0.717) is 0 Å². The molecular weight excluding hydrogens is 392 g/mol. The number of ketones is 1. The number of esters is 3. The Kier molecular flexibility index (Phi) is 9.42. The van der Waals surface area contributed by atoms with Crippen molar-refractivity contribution in [1.82, 2.24) is 9.80 Å². The lowest BCUT2D eigenvalue weighted by Gasteiger charge is -2.49. The molecule has 2 unspecified atom stereocenters. The number of carbonyl (C=O) groups excluding carboxylic acids is 4. The first-order valence-corrected chi connectivity index (χ1v) is 10.3. The minimum Gasteiger partial charge on any atom is -0.468 e. The zero-order chi connectivity index (χ0) is 23.2. The number of Topliss-reactive ketones (excluding diaryl/α,β-unsaturated/α-hetero) is 1. The molecule has 9 heteroatoms. The van der Waals surface area contributed by atoms with Crippen molar-refractivity contribution < 1.29 is 33.4 Å². The van der Waals surface area contributed by atoms with E-state index in [0.717, 1.165) is 0 Å². The Hall–Kier alpha value is -2.00. The summed E-state index contributed by atoms with van der Waals surface area (Å²) in [5.41, 5.74) is -1.53. The first kappa shape index (κ1) is 26.0. The lowest BCUT2D eigenvalue weighted by atomic mass is 9.79. The topological polar surface area (TPSA) is 102 Å². The Morgan fingerprint density at radius 2 is 1.27 bits per heavy atom. The van der Waals surface area contributed by atoms with Crippen molar-refractivity contribution in [2.75, 3.05) is 40.6 Å². The van der Waals surface area contributed by atoms with Crippen LogP contribution in [0.25, 0.3) is 0 Å². The van der Waals surface area contributed by atoms with E-state index in [4.69, 9.17) is 14.2 Å². The number of carbonyl (C=O) groups is 4. The molecule has 1 saturated heterocycles. The summed E-state index contributed by atoms with van der Waals surface area (Å²) in [5.74, 6) is -2.28. The summed E-state index contributed by atoms with van der Waals surface area (Å²) in [6, 6.07) is -1.40. The van der Waals surface area contributed by atoms with E-state index >= 15 is 0 Å². The average molecular weight is 429 g/mol. The molecule has 0 spiro atoms. The third kappa shape index (κ3) is 5.37. The maximum absolute atomic E-state index is 13.0. The first-order chi connectivity index (χ1) is 14.0. The van der Waals surface area contributed by atoms with Gasteiger partial charge in [0.1, 0.15) is 17.9 Å².